The third-order valence-electron chi connectivity index (χ3n) is 8.14. The number of carbonyl (C=O) groups is 1. The molecule has 0 aliphatic carbocycles. The van der Waals surface area contributed by atoms with Gasteiger partial charge in [-0.1, -0.05) is 6.92 Å². The average molecular weight is 623 g/mol. The monoisotopic (exact) mass is 622 g/mol. The van der Waals surface area contributed by atoms with E-state index in [4.69, 9.17) is 4.74 Å². The van der Waals surface area contributed by atoms with Crippen LogP contribution in [0.1, 0.15) is 83.3 Å². The van der Waals surface area contributed by atoms with Gasteiger partial charge in [0.2, 0.25) is 5.82 Å². The van der Waals surface area contributed by atoms with E-state index >= 15 is 0 Å². The van der Waals surface area contributed by atoms with E-state index in [1.807, 2.05) is 19.9 Å². The van der Waals surface area contributed by atoms with Crippen molar-refractivity contribution in [2.24, 2.45) is 0 Å². The maximum atomic E-state index is 13.2. The fourth-order valence-corrected chi connectivity index (χ4v) is 7.87. The molecule has 2 aliphatic heterocycles. The number of hydrogen-bond donors (Lipinski definition) is 0. The summed E-state index contributed by atoms with van der Waals surface area (Å²) >= 11 is 1.49. The van der Waals surface area contributed by atoms with Gasteiger partial charge in [0.25, 0.3) is 0 Å². The third-order valence-corrected chi connectivity index (χ3v) is 11.3. The Balaban J connectivity index is 1.25. The average Bonchev–Trinajstić information content (AvgIpc) is 3.41. The lowest BCUT2D eigenvalue weighted by Crippen LogP contribution is -2.48. The highest BCUT2D eigenvalue weighted by atomic mass is 32.2. The maximum absolute atomic E-state index is 13.2. The Hall–Kier alpha value is -2.74. The molecule has 2 aliphatic rings. The predicted octanol–water partition coefficient (Wildman–Crippen LogP) is 5.57. The van der Waals surface area contributed by atoms with Gasteiger partial charge in [0.15, 0.2) is 15.6 Å². The highest BCUT2D eigenvalue weighted by molar-refractivity contribution is 7.91. The maximum Gasteiger partial charge on any atom is 0.451 e. The predicted molar refractivity (Wildman–Crippen MR) is 151 cm³/mol. The quantitative estimate of drug-likeness (QED) is 0.301. The van der Waals surface area contributed by atoms with Gasteiger partial charge < -0.3 is 4.74 Å². The number of Topliss-reactive ketones (excluding diaryl/α,β-unsaturated/α-hetero) is 1. The highest BCUT2D eigenvalue weighted by Gasteiger charge is 2.45. The largest absolute Gasteiger partial charge is 0.451 e. The van der Waals surface area contributed by atoms with Crippen molar-refractivity contribution in [1.82, 2.24) is 19.9 Å². The van der Waals surface area contributed by atoms with Crippen LogP contribution in [0.4, 0.5) is 13.2 Å². The number of hydrogen-bond acceptors (Lipinski definition) is 9. The van der Waals surface area contributed by atoms with Crippen LogP contribution in [0.15, 0.2) is 41.7 Å². The molecule has 2 atom stereocenters. The van der Waals surface area contributed by atoms with Gasteiger partial charge in [-0.15, -0.1) is 11.3 Å². The molecular weight excluding hydrogens is 589 g/mol. The SMILES string of the molecule is CCS(=O)(=O)c1ccc(CCC(=O)c2cc3c(s2)C2(CCN(C(C)c4cnc(C(F)(F)F)nc4)CC2)O[C@H](C)C3)nc1. The van der Waals surface area contributed by atoms with Crippen molar-refractivity contribution in [1.29, 1.82) is 0 Å². The first-order valence-corrected chi connectivity index (χ1v) is 16.4. The Bertz CT molecular complexity index is 1530. The summed E-state index contributed by atoms with van der Waals surface area (Å²) in [5.74, 6) is -1.13. The summed E-state index contributed by atoms with van der Waals surface area (Å²) in [6.45, 7) is 6.90. The van der Waals surface area contributed by atoms with E-state index in [0.717, 1.165) is 16.9 Å². The number of rotatable bonds is 8. The molecule has 226 valence electrons. The van der Waals surface area contributed by atoms with Crippen molar-refractivity contribution in [2.45, 2.75) is 81.7 Å². The summed E-state index contributed by atoms with van der Waals surface area (Å²) in [6, 6.07) is 5.03. The molecule has 5 heterocycles. The van der Waals surface area contributed by atoms with Gasteiger partial charge in [-0.2, -0.15) is 13.2 Å². The molecule has 1 fully saturated rings. The molecule has 0 saturated carbocycles. The molecule has 1 saturated heterocycles. The Morgan fingerprint density at radius 2 is 1.86 bits per heavy atom. The first-order chi connectivity index (χ1) is 19.8. The summed E-state index contributed by atoms with van der Waals surface area (Å²) in [5, 5.41) is 0. The molecule has 8 nitrogen and oxygen atoms in total. The normalized spacial score (nSPS) is 19.9. The number of alkyl halides is 3. The molecule has 3 aromatic rings. The second-order valence-corrected chi connectivity index (χ2v) is 14.3. The zero-order valence-corrected chi connectivity index (χ0v) is 25.3. The Morgan fingerprint density at radius 3 is 2.45 bits per heavy atom. The van der Waals surface area contributed by atoms with Crippen LogP contribution in [-0.4, -0.2) is 59.0 Å². The number of thiophene rings is 1. The van der Waals surface area contributed by atoms with Crippen LogP contribution in [0.2, 0.25) is 0 Å². The molecular formula is C29H33F3N4O4S2. The Labute approximate surface area is 247 Å². The number of aromatic nitrogens is 3. The summed E-state index contributed by atoms with van der Waals surface area (Å²) in [5.41, 5.74) is 1.91. The van der Waals surface area contributed by atoms with Crippen LogP contribution in [0.25, 0.3) is 0 Å². The number of halogens is 3. The fourth-order valence-electron chi connectivity index (χ4n) is 5.70. The van der Waals surface area contributed by atoms with Gasteiger partial charge in [-0.25, -0.2) is 18.4 Å². The lowest BCUT2D eigenvalue weighted by Gasteiger charge is -2.47. The number of ketones is 1. The second kappa shape index (κ2) is 11.7. The van der Waals surface area contributed by atoms with Gasteiger partial charge in [-0.05, 0) is 63.3 Å². The van der Waals surface area contributed by atoms with Crippen molar-refractivity contribution in [3.63, 3.8) is 0 Å². The standard InChI is InChI=1S/C29H33F3N4O4S2/c1-4-42(38,39)23-7-5-22(33-17-23)6-8-24(37)25-14-20-13-18(2)40-28(26(20)41-25)9-11-36(12-10-28)19(3)21-15-34-27(35-16-21)29(30,31)32/h5,7,14-19H,4,6,8-13H2,1-3H3/t18-,19?/m1/s1. The van der Waals surface area contributed by atoms with Crippen LogP contribution in [-0.2, 0) is 39.2 Å². The molecule has 3 aromatic heterocycles. The van der Waals surface area contributed by atoms with Crippen LogP contribution in [0, 0.1) is 0 Å². The fraction of sp³-hybridized carbons (Fsp3) is 0.517. The molecule has 1 unspecified atom stereocenters. The number of piperidine rings is 1. The zero-order chi connectivity index (χ0) is 30.3. The van der Waals surface area contributed by atoms with E-state index in [9.17, 15) is 26.4 Å². The lowest BCUT2D eigenvalue weighted by molar-refractivity contribution is -0.145. The van der Waals surface area contributed by atoms with Gasteiger partial charge in [0.1, 0.15) is 5.60 Å². The van der Waals surface area contributed by atoms with Crippen LogP contribution >= 0.6 is 11.3 Å². The van der Waals surface area contributed by atoms with Crippen molar-refractivity contribution >= 4 is 27.0 Å². The molecule has 5 rings (SSSR count). The molecule has 0 aromatic carbocycles. The second-order valence-electron chi connectivity index (χ2n) is 11.0. The first-order valence-electron chi connectivity index (χ1n) is 14.0. The minimum absolute atomic E-state index is 0.00451. The summed E-state index contributed by atoms with van der Waals surface area (Å²) in [7, 11) is -3.32. The van der Waals surface area contributed by atoms with Crippen molar-refractivity contribution in [2.75, 3.05) is 18.8 Å². The van der Waals surface area contributed by atoms with Crippen LogP contribution in [0.3, 0.4) is 0 Å². The van der Waals surface area contributed by atoms with Gasteiger partial charge in [-0.3, -0.25) is 14.7 Å². The number of sulfone groups is 1. The van der Waals surface area contributed by atoms with Crippen molar-refractivity contribution < 1.29 is 31.1 Å². The molecule has 1 spiro atoms. The minimum Gasteiger partial charge on any atom is -0.366 e. The molecule has 0 bridgehead atoms. The smallest absolute Gasteiger partial charge is 0.366 e. The molecule has 0 N–H and O–H groups in total. The first kappa shape index (κ1) is 30.7. The van der Waals surface area contributed by atoms with Gasteiger partial charge in [0.05, 0.1) is 21.6 Å². The number of fused-ring (bicyclic) bond motifs is 2. The zero-order valence-electron chi connectivity index (χ0n) is 23.6. The lowest BCUT2D eigenvalue weighted by atomic mass is 9.83. The Kier molecular flexibility index (Phi) is 8.58. The number of likely N-dealkylation sites (tertiary alicyclic amines) is 1. The topological polar surface area (TPSA) is 102 Å². The summed E-state index contributed by atoms with van der Waals surface area (Å²) in [6.07, 6.45) is 2.04. The number of pyridine rings is 1. The van der Waals surface area contributed by atoms with Crippen LogP contribution in [0.5, 0.6) is 0 Å². The van der Waals surface area contributed by atoms with E-state index in [0.29, 0.717) is 48.5 Å². The Morgan fingerprint density at radius 1 is 1.17 bits per heavy atom. The molecule has 13 heteroatoms. The molecule has 0 amide bonds. The van der Waals surface area contributed by atoms with E-state index in [-0.39, 0.29) is 35.0 Å². The highest BCUT2D eigenvalue weighted by Crippen LogP contribution is 2.48. The summed E-state index contributed by atoms with van der Waals surface area (Å²) in [4.78, 5) is 28.6. The van der Waals surface area contributed by atoms with Gasteiger partial charge in [0, 0.05) is 60.3 Å². The van der Waals surface area contributed by atoms with E-state index < -0.39 is 27.4 Å². The third kappa shape index (κ3) is 6.29. The van der Waals surface area contributed by atoms with E-state index in [1.54, 1.807) is 13.0 Å². The van der Waals surface area contributed by atoms with Crippen LogP contribution < -0.4 is 0 Å². The molecule has 42 heavy (non-hydrogen) atoms. The number of nitrogens with zero attached hydrogens (tertiary/aromatic N) is 4. The molecule has 0 radical (unpaired) electrons. The number of ether oxygens (including phenoxy) is 1. The number of aryl methyl sites for hydroxylation is 1. The van der Waals surface area contributed by atoms with E-state index in [1.165, 1.54) is 36.0 Å². The number of carbonyl (C=O) groups excluding carboxylic acids is 1. The van der Waals surface area contributed by atoms with E-state index in [2.05, 4.69) is 19.9 Å². The summed E-state index contributed by atoms with van der Waals surface area (Å²) < 4.78 is 69.2. The van der Waals surface area contributed by atoms with Crippen molar-refractivity contribution in [3.05, 3.63) is 69.2 Å². The minimum atomic E-state index is -4.57. The van der Waals surface area contributed by atoms with Crippen molar-refractivity contribution in [3.8, 4) is 0 Å². The van der Waals surface area contributed by atoms with Gasteiger partial charge >= 0.3 is 6.18 Å².